The summed E-state index contributed by atoms with van der Waals surface area (Å²) in [6, 6.07) is 0. The van der Waals surface area contributed by atoms with Crippen LogP contribution in [0.25, 0.3) is 0 Å². The Bertz CT molecular complexity index is 274. The highest BCUT2D eigenvalue weighted by atomic mass is 16.9. The molecule has 1 aliphatic heterocycles. The Morgan fingerprint density at radius 2 is 2.06 bits per heavy atom. The average Bonchev–Trinajstić information content (AvgIpc) is 2.27. The van der Waals surface area contributed by atoms with E-state index in [-0.39, 0.29) is 12.5 Å². The number of nitrogens with one attached hydrogen (secondary N) is 1. The van der Waals surface area contributed by atoms with Crippen molar-refractivity contribution in [1.29, 1.82) is 0 Å². The van der Waals surface area contributed by atoms with Crippen LogP contribution in [0.1, 0.15) is 13.8 Å². The van der Waals surface area contributed by atoms with Crippen molar-refractivity contribution in [1.82, 2.24) is 10.2 Å². The fourth-order valence-corrected chi connectivity index (χ4v) is 1.57. The van der Waals surface area contributed by atoms with Gasteiger partial charge < -0.3 is 15.1 Å². The van der Waals surface area contributed by atoms with Gasteiger partial charge in [0.1, 0.15) is 6.61 Å². The van der Waals surface area contributed by atoms with Crippen LogP contribution < -0.4 is 5.32 Å². The van der Waals surface area contributed by atoms with Crippen LogP contribution in [0.4, 0.5) is 0 Å². The van der Waals surface area contributed by atoms with Crippen molar-refractivity contribution in [2.45, 2.75) is 13.8 Å². The van der Waals surface area contributed by atoms with E-state index in [1.807, 2.05) is 0 Å². The van der Waals surface area contributed by atoms with Gasteiger partial charge >= 0.3 is 0 Å². The molecule has 1 N–H and O–H groups in total. The smallest absolute Gasteiger partial charge is 0.294 e. The predicted octanol–water partition coefficient (Wildman–Crippen LogP) is -0.347. The quantitative estimate of drug-likeness (QED) is 0.528. The standard InChI is InChI=1S/C9H17N3O4/c1-9(2,7-16-12(14)15)8(13)11-5-3-10-4-6-11/h10H,3-7H2,1-2H3. The molecule has 1 aliphatic rings. The molecule has 92 valence electrons. The van der Waals surface area contributed by atoms with Crippen LogP contribution in [0.2, 0.25) is 0 Å². The van der Waals surface area contributed by atoms with E-state index in [2.05, 4.69) is 10.2 Å². The second-order valence-electron chi connectivity index (χ2n) is 4.42. The summed E-state index contributed by atoms with van der Waals surface area (Å²) in [6.45, 7) is 5.90. The molecule has 0 aromatic heterocycles. The van der Waals surface area contributed by atoms with Crippen LogP contribution in [0.5, 0.6) is 0 Å². The Kier molecular flexibility index (Phi) is 4.05. The Balaban J connectivity index is 2.52. The molecule has 0 spiro atoms. The lowest BCUT2D eigenvalue weighted by atomic mass is 9.92. The molecular weight excluding hydrogens is 214 g/mol. The lowest BCUT2D eigenvalue weighted by Crippen LogP contribution is -2.51. The summed E-state index contributed by atoms with van der Waals surface area (Å²) in [5.41, 5.74) is -0.857. The number of amides is 1. The summed E-state index contributed by atoms with van der Waals surface area (Å²) < 4.78 is 0. The average molecular weight is 231 g/mol. The topological polar surface area (TPSA) is 84.7 Å². The largest absolute Gasteiger partial charge is 0.340 e. The molecular formula is C9H17N3O4. The number of carbonyl (C=O) groups is 1. The van der Waals surface area contributed by atoms with Crippen LogP contribution in [-0.4, -0.2) is 48.7 Å². The van der Waals surface area contributed by atoms with E-state index in [9.17, 15) is 14.9 Å². The molecule has 1 saturated heterocycles. The second kappa shape index (κ2) is 5.11. The molecule has 0 radical (unpaired) electrons. The summed E-state index contributed by atoms with van der Waals surface area (Å²) in [4.78, 5) is 28.1. The van der Waals surface area contributed by atoms with Gasteiger partial charge in [-0.1, -0.05) is 0 Å². The Hall–Kier alpha value is -1.37. The van der Waals surface area contributed by atoms with Crippen molar-refractivity contribution >= 4 is 5.91 Å². The zero-order valence-corrected chi connectivity index (χ0v) is 9.56. The van der Waals surface area contributed by atoms with Crippen molar-refractivity contribution < 1.29 is 14.7 Å². The van der Waals surface area contributed by atoms with E-state index in [4.69, 9.17) is 0 Å². The van der Waals surface area contributed by atoms with Gasteiger partial charge in [-0.3, -0.25) is 4.79 Å². The molecule has 0 unspecified atom stereocenters. The second-order valence-corrected chi connectivity index (χ2v) is 4.42. The normalized spacial score (nSPS) is 17.0. The number of nitrogens with zero attached hydrogens (tertiary/aromatic N) is 2. The summed E-state index contributed by atoms with van der Waals surface area (Å²) in [7, 11) is 0. The SMILES string of the molecule is CC(C)(CO[N+](=O)[O-])C(=O)N1CCNCC1. The van der Waals surface area contributed by atoms with Crippen LogP contribution in [0.3, 0.4) is 0 Å². The number of carbonyl (C=O) groups excluding carboxylic acids is 1. The Labute approximate surface area is 93.8 Å². The van der Waals surface area contributed by atoms with E-state index in [1.165, 1.54) is 0 Å². The van der Waals surface area contributed by atoms with Crippen LogP contribution in [0, 0.1) is 15.5 Å². The molecule has 0 atom stereocenters. The molecule has 0 bridgehead atoms. The van der Waals surface area contributed by atoms with Crippen molar-refractivity contribution in [2.24, 2.45) is 5.41 Å². The maximum atomic E-state index is 12.0. The molecule has 1 fully saturated rings. The number of rotatable bonds is 4. The molecule has 7 nitrogen and oxygen atoms in total. The Morgan fingerprint density at radius 3 is 2.56 bits per heavy atom. The van der Waals surface area contributed by atoms with Gasteiger partial charge in [0.15, 0.2) is 0 Å². The first-order chi connectivity index (χ1) is 7.43. The van der Waals surface area contributed by atoms with Gasteiger partial charge in [-0.2, -0.15) is 0 Å². The minimum Gasteiger partial charge on any atom is -0.340 e. The van der Waals surface area contributed by atoms with Gasteiger partial charge in [-0.15, -0.1) is 10.1 Å². The summed E-state index contributed by atoms with van der Waals surface area (Å²) >= 11 is 0. The minimum atomic E-state index is -0.868. The molecule has 0 aliphatic carbocycles. The number of hydrogen-bond acceptors (Lipinski definition) is 5. The molecule has 1 heterocycles. The summed E-state index contributed by atoms with van der Waals surface area (Å²) in [5, 5.41) is 12.4. The lowest BCUT2D eigenvalue weighted by Gasteiger charge is -2.34. The lowest BCUT2D eigenvalue weighted by molar-refractivity contribution is -0.760. The zero-order valence-electron chi connectivity index (χ0n) is 9.56. The Morgan fingerprint density at radius 1 is 1.50 bits per heavy atom. The van der Waals surface area contributed by atoms with Crippen LogP contribution in [-0.2, 0) is 9.63 Å². The van der Waals surface area contributed by atoms with Gasteiger partial charge in [0.2, 0.25) is 5.91 Å². The highest BCUT2D eigenvalue weighted by molar-refractivity contribution is 5.82. The fraction of sp³-hybridized carbons (Fsp3) is 0.889. The fourth-order valence-electron chi connectivity index (χ4n) is 1.57. The summed E-state index contributed by atoms with van der Waals surface area (Å²) in [5.74, 6) is -0.101. The van der Waals surface area contributed by atoms with E-state index in [0.29, 0.717) is 13.1 Å². The van der Waals surface area contributed by atoms with Gasteiger partial charge in [-0.25, -0.2) is 0 Å². The van der Waals surface area contributed by atoms with E-state index < -0.39 is 10.5 Å². The van der Waals surface area contributed by atoms with Gasteiger partial charge in [0.25, 0.3) is 5.09 Å². The first-order valence-corrected chi connectivity index (χ1v) is 5.21. The minimum absolute atomic E-state index is 0.101. The first kappa shape index (κ1) is 12.7. The van der Waals surface area contributed by atoms with E-state index >= 15 is 0 Å². The zero-order chi connectivity index (χ0) is 12.2. The van der Waals surface area contributed by atoms with Crippen LogP contribution in [0.15, 0.2) is 0 Å². The molecule has 7 heteroatoms. The van der Waals surface area contributed by atoms with Crippen molar-refractivity contribution in [3.8, 4) is 0 Å². The van der Waals surface area contributed by atoms with Gasteiger partial charge in [0, 0.05) is 26.2 Å². The van der Waals surface area contributed by atoms with Crippen molar-refractivity contribution in [2.75, 3.05) is 32.8 Å². The molecule has 0 aromatic rings. The molecule has 1 amide bonds. The highest BCUT2D eigenvalue weighted by Gasteiger charge is 2.33. The number of piperazine rings is 1. The highest BCUT2D eigenvalue weighted by Crippen LogP contribution is 2.19. The van der Waals surface area contributed by atoms with Crippen molar-refractivity contribution in [3.05, 3.63) is 10.1 Å². The molecule has 1 rings (SSSR count). The van der Waals surface area contributed by atoms with Crippen molar-refractivity contribution in [3.63, 3.8) is 0 Å². The predicted molar refractivity (Wildman–Crippen MR) is 56.2 cm³/mol. The number of hydrogen-bond donors (Lipinski definition) is 1. The molecule has 0 saturated carbocycles. The third kappa shape index (κ3) is 3.34. The summed E-state index contributed by atoms with van der Waals surface area (Å²) in [6.07, 6.45) is 0. The molecule has 16 heavy (non-hydrogen) atoms. The monoisotopic (exact) mass is 231 g/mol. The van der Waals surface area contributed by atoms with Crippen LogP contribution >= 0.6 is 0 Å². The molecule has 0 aromatic carbocycles. The first-order valence-electron chi connectivity index (χ1n) is 5.21. The van der Waals surface area contributed by atoms with Gasteiger partial charge in [-0.05, 0) is 13.8 Å². The maximum Gasteiger partial charge on any atom is 0.294 e. The maximum absolute atomic E-state index is 12.0. The third-order valence-corrected chi connectivity index (χ3v) is 2.51. The van der Waals surface area contributed by atoms with E-state index in [0.717, 1.165) is 13.1 Å². The third-order valence-electron chi connectivity index (χ3n) is 2.51. The van der Waals surface area contributed by atoms with Gasteiger partial charge in [0.05, 0.1) is 5.41 Å². The van der Waals surface area contributed by atoms with E-state index in [1.54, 1.807) is 18.7 Å².